The van der Waals surface area contributed by atoms with Crippen LogP contribution in [0.5, 0.6) is 0 Å². The first-order valence-corrected chi connectivity index (χ1v) is 9.20. The van der Waals surface area contributed by atoms with Gasteiger partial charge < -0.3 is 0 Å². The van der Waals surface area contributed by atoms with Crippen molar-refractivity contribution in [3.8, 4) is 0 Å². The summed E-state index contributed by atoms with van der Waals surface area (Å²) < 4.78 is 0. The molecule has 1 atom stereocenters. The number of benzene rings is 3. The second-order valence-corrected chi connectivity index (χ2v) is 7.28. The standard InChI is InChI=1S/C23H22ClN/c1-23(20-12-6-3-7-13-20)22-19(11-8-14-21(22)24)15-16-25(23)17-18-9-4-2-5-10-18/h2-14H,15-17H2,1H3. The lowest BCUT2D eigenvalue weighted by Gasteiger charge is -2.47. The van der Waals surface area contributed by atoms with Gasteiger partial charge in [0.2, 0.25) is 0 Å². The largest absolute Gasteiger partial charge is 0.285 e. The minimum absolute atomic E-state index is 0.233. The van der Waals surface area contributed by atoms with Gasteiger partial charge in [-0.25, -0.2) is 0 Å². The molecule has 0 aromatic heterocycles. The Hall–Kier alpha value is -2.09. The number of hydrogen-bond donors (Lipinski definition) is 0. The molecule has 3 aromatic rings. The summed E-state index contributed by atoms with van der Waals surface area (Å²) in [6.45, 7) is 4.25. The minimum atomic E-state index is -0.233. The minimum Gasteiger partial charge on any atom is -0.285 e. The molecule has 3 aromatic carbocycles. The Morgan fingerprint density at radius 1 is 0.880 bits per heavy atom. The van der Waals surface area contributed by atoms with Crippen LogP contribution in [0.2, 0.25) is 5.02 Å². The Kier molecular flexibility index (Phi) is 4.37. The molecular weight excluding hydrogens is 326 g/mol. The fourth-order valence-corrected chi connectivity index (χ4v) is 4.47. The van der Waals surface area contributed by atoms with Crippen molar-refractivity contribution in [2.75, 3.05) is 6.54 Å². The molecule has 1 unspecified atom stereocenters. The molecular formula is C23H22ClN. The molecule has 2 heteroatoms. The maximum Gasteiger partial charge on any atom is 0.0707 e. The lowest BCUT2D eigenvalue weighted by molar-refractivity contribution is 0.117. The Bertz CT molecular complexity index is 860. The third-order valence-corrected chi connectivity index (χ3v) is 5.74. The summed E-state index contributed by atoms with van der Waals surface area (Å²) in [5.74, 6) is 0. The highest BCUT2D eigenvalue weighted by Gasteiger charge is 2.41. The van der Waals surface area contributed by atoms with E-state index in [1.54, 1.807) is 0 Å². The molecule has 25 heavy (non-hydrogen) atoms. The van der Waals surface area contributed by atoms with E-state index in [1.165, 1.54) is 22.3 Å². The Morgan fingerprint density at radius 3 is 2.28 bits per heavy atom. The quantitative estimate of drug-likeness (QED) is 0.590. The van der Waals surface area contributed by atoms with Crippen LogP contribution in [0.1, 0.15) is 29.2 Å². The van der Waals surface area contributed by atoms with Gasteiger partial charge in [-0.1, -0.05) is 84.4 Å². The summed E-state index contributed by atoms with van der Waals surface area (Å²) in [6, 6.07) is 27.8. The maximum atomic E-state index is 6.72. The molecule has 1 heterocycles. The Balaban J connectivity index is 1.86. The van der Waals surface area contributed by atoms with Gasteiger partial charge in [0, 0.05) is 18.1 Å². The van der Waals surface area contributed by atoms with Gasteiger partial charge >= 0.3 is 0 Å². The van der Waals surface area contributed by atoms with Crippen molar-refractivity contribution in [1.29, 1.82) is 0 Å². The van der Waals surface area contributed by atoms with E-state index in [0.717, 1.165) is 24.5 Å². The number of rotatable bonds is 3. The van der Waals surface area contributed by atoms with Crippen LogP contribution < -0.4 is 0 Å². The first-order valence-electron chi connectivity index (χ1n) is 8.82. The van der Waals surface area contributed by atoms with Crippen LogP contribution in [0.3, 0.4) is 0 Å². The molecule has 0 spiro atoms. The summed E-state index contributed by atoms with van der Waals surface area (Å²) in [4.78, 5) is 2.56. The van der Waals surface area contributed by atoms with Crippen molar-refractivity contribution in [3.63, 3.8) is 0 Å². The number of halogens is 1. The van der Waals surface area contributed by atoms with Crippen LogP contribution in [-0.4, -0.2) is 11.4 Å². The van der Waals surface area contributed by atoms with Gasteiger partial charge in [-0.3, -0.25) is 4.90 Å². The second-order valence-electron chi connectivity index (χ2n) is 6.87. The third-order valence-electron chi connectivity index (χ3n) is 5.42. The van der Waals surface area contributed by atoms with Crippen molar-refractivity contribution < 1.29 is 0 Å². The first kappa shape index (κ1) is 16.4. The summed E-state index contributed by atoms with van der Waals surface area (Å²) in [7, 11) is 0. The first-order chi connectivity index (χ1) is 12.2. The molecule has 0 saturated carbocycles. The van der Waals surface area contributed by atoms with E-state index in [0.29, 0.717) is 0 Å². The lowest BCUT2D eigenvalue weighted by Crippen LogP contribution is -2.49. The van der Waals surface area contributed by atoms with E-state index in [9.17, 15) is 0 Å². The molecule has 0 N–H and O–H groups in total. The zero-order valence-electron chi connectivity index (χ0n) is 14.5. The molecule has 0 amide bonds. The zero-order valence-corrected chi connectivity index (χ0v) is 15.2. The van der Waals surface area contributed by atoms with Crippen molar-refractivity contribution >= 4 is 11.6 Å². The summed E-state index contributed by atoms with van der Waals surface area (Å²) in [5.41, 5.74) is 5.01. The second kappa shape index (κ2) is 6.67. The fourth-order valence-electron chi connectivity index (χ4n) is 4.09. The highest BCUT2D eigenvalue weighted by Crippen LogP contribution is 2.44. The van der Waals surface area contributed by atoms with Gasteiger partial charge in [-0.2, -0.15) is 0 Å². The highest BCUT2D eigenvalue weighted by atomic mass is 35.5. The van der Waals surface area contributed by atoms with E-state index < -0.39 is 0 Å². The van der Waals surface area contributed by atoms with E-state index in [1.807, 2.05) is 6.07 Å². The van der Waals surface area contributed by atoms with Gasteiger partial charge in [-0.15, -0.1) is 0 Å². The van der Waals surface area contributed by atoms with Crippen LogP contribution >= 0.6 is 11.6 Å². The van der Waals surface area contributed by atoms with Crippen LogP contribution in [0.25, 0.3) is 0 Å². The molecule has 0 radical (unpaired) electrons. The average Bonchev–Trinajstić information content (AvgIpc) is 2.66. The molecule has 0 aliphatic carbocycles. The molecule has 1 aliphatic rings. The highest BCUT2D eigenvalue weighted by molar-refractivity contribution is 6.31. The topological polar surface area (TPSA) is 3.24 Å². The smallest absolute Gasteiger partial charge is 0.0707 e. The predicted molar refractivity (Wildman–Crippen MR) is 105 cm³/mol. The van der Waals surface area contributed by atoms with Gasteiger partial charge in [-0.05, 0) is 41.7 Å². The molecule has 0 fully saturated rings. The van der Waals surface area contributed by atoms with Gasteiger partial charge in [0.1, 0.15) is 0 Å². The van der Waals surface area contributed by atoms with Gasteiger partial charge in [0.05, 0.1) is 5.54 Å². The monoisotopic (exact) mass is 347 g/mol. The molecule has 4 rings (SSSR count). The zero-order chi connectivity index (χ0) is 17.3. The summed E-state index contributed by atoms with van der Waals surface area (Å²) in [6.07, 6.45) is 1.03. The lowest BCUT2D eigenvalue weighted by atomic mass is 9.76. The molecule has 0 bridgehead atoms. The van der Waals surface area contributed by atoms with E-state index in [2.05, 4.69) is 84.6 Å². The SMILES string of the molecule is CC1(c2ccccc2)c2c(Cl)cccc2CCN1Cc1ccccc1. The van der Waals surface area contributed by atoms with Crippen molar-refractivity contribution in [2.45, 2.75) is 25.4 Å². The molecule has 1 aliphatic heterocycles. The van der Waals surface area contributed by atoms with Gasteiger partial charge in [0.25, 0.3) is 0 Å². The van der Waals surface area contributed by atoms with Crippen molar-refractivity contribution in [3.05, 3.63) is 106 Å². The number of nitrogens with zero attached hydrogens (tertiary/aromatic N) is 1. The Labute approximate surface area is 154 Å². The van der Waals surface area contributed by atoms with Crippen LogP contribution in [-0.2, 0) is 18.5 Å². The Morgan fingerprint density at radius 2 is 1.56 bits per heavy atom. The van der Waals surface area contributed by atoms with E-state index in [4.69, 9.17) is 11.6 Å². The van der Waals surface area contributed by atoms with E-state index in [-0.39, 0.29) is 5.54 Å². The van der Waals surface area contributed by atoms with Crippen LogP contribution in [0.4, 0.5) is 0 Å². The van der Waals surface area contributed by atoms with Crippen molar-refractivity contribution in [1.82, 2.24) is 4.90 Å². The van der Waals surface area contributed by atoms with E-state index >= 15 is 0 Å². The fraction of sp³-hybridized carbons (Fsp3) is 0.217. The normalized spacial score (nSPS) is 20.2. The van der Waals surface area contributed by atoms with Gasteiger partial charge in [0.15, 0.2) is 0 Å². The maximum absolute atomic E-state index is 6.72. The summed E-state index contributed by atoms with van der Waals surface area (Å²) >= 11 is 6.72. The van der Waals surface area contributed by atoms with Crippen LogP contribution in [0.15, 0.2) is 78.9 Å². The predicted octanol–water partition coefficient (Wildman–Crippen LogP) is 5.66. The molecule has 1 nitrogen and oxygen atoms in total. The number of fused-ring (bicyclic) bond motifs is 1. The van der Waals surface area contributed by atoms with Crippen LogP contribution in [0, 0.1) is 0 Å². The molecule has 0 saturated heterocycles. The summed E-state index contributed by atoms with van der Waals surface area (Å²) in [5, 5.41) is 0.863. The average molecular weight is 348 g/mol. The molecule has 126 valence electrons. The van der Waals surface area contributed by atoms with Crippen molar-refractivity contribution in [2.24, 2.45) is 0 Å². The number of hydrogen-bond acceptors (Lipinski definition) is 1. The third kappa shape index (κ3) is 2.88.